The smallest absolute Gasteiger partial charge is 0.262 e. The number of hydroxylamine groups is 2. The minimum absolute atomic E-state index is 0.139. The first-order valence-corrected chi connectivity index (χ1v) is 8.55. The molecule has 0 unspecified atom stereocenters. The molecule has 0 heterocycles. The molecule has 0 rings (SSSR count). The van der Waals surface area contributed by atoms with Crippen molar-refractivity contribution >= 4 is 38.4 Å². The molecule has 22 heavy (non-hydrogen) atoms. The fraction of sp³-hybridized carbons (Fsp3) is 0.444. The van der Waals surface area contributed by atoms with E-state index in [-0.39, 0.29) is 16.5 Å². The summed E-state index contributed by atoms with van der Waals surface area (Å²) in [7, 11) is 5.27. The van der Waals surface area contributed by atoms with Crippen molar-refractivity contribution in [3.8, 4) is 0 Å². The maximum absolute atomic E-state index is 10.7. The second-order valence-electron chi connectivity index (χ2n) is 3.42. The summed E-state index contributed by atoms with van der Waals surface area (Å²) in [6.07, 6.45) is 0. The summed E-state index contributed by atoms with van der Waals surface area (Å²) >= 11 is 3.49. The van der Waals surface area contributed by atoms with Crippen LogP contribution in [0.25, 0.3) is 0 Å². The molecule has 132 valence electrons. The molecule has 0 atom stereocenters. The molecular formula is C9H18ClN6O4RhS-2. The molecule has 0 amide bonds. The topological polar surface area (TPSA) is 186 Å². The van der Waals surface area contributed by atoms with E-state index in [1.54, 1.807) is 12.4 Å². The van der Waals surface area contributed by atoms with Gasteiger partial charge in [-0.2, -0.15) is 0 Å². The Hall–Kier alpha value is -1.04. The van der Waals surface area contributed by atoms with E-state index in [0.717, 1.165) is 0 Å². The van der Waals surface area contributed by atoms with Crippen LogP contribution < -0.4 is 16.9 Å². The average molecular weight is 445 g/mol. The zero-order valence-corrected chi connectivity index (χ0v) is 15.6. The Morgan fingerprint density at radius 1 is 1.23 bits per heavy atom. The third kappa shape index (κ3) is 17.0. The molecular weight excluding hydrogens is 427 g/mol. The van der Waals surface area contributed by atoms with E-state index in [9.17, 15) is 20.8 Å². The van der Waals surface area contributed by atoms with E-state index < -0.39 is 15.9 Å². The zero-order valence-electron chi connectivity index (χ0n) is 12.4. The predicted octanol–water partition coefficient (Wildman–Crippen LogP) is 0.631. The summed E-state index contributed by atoms with van der Waals surface area (Å²) in [6.45, 7) is 5.93. The van der Waals surface area contributed by atoms with E-state index in [1.165, 1.54) is 20.8 Å². The number of thiocarbonyl (C=S) groups is 1. The fourth-order valence-corrected chi connectivity index (χ4v) is 1.36. The SMILES string of the molecule is C/C(N[O-])=C(\C)[N+]([O-])=[Rh][Cl].CC(=N[O-])/C(C)=N/[O-].NC([NH3+])=S. The van der Waals surface area contributed by atoms with Gasteiger partial charge in [0.05, 0.1) is 0 Å². The summed E-state index contributed by atoms with van der Waals surface area (Å²) in [5.41, 5.74) is 10.4. The van der Waals surface area contributed by atoms with E-state index in [2.05, 4.69) is 28.3 Å². The zero-order chi connectivity index (χ0) is 18.3. The number of nitrogens with zero attached hydrogens (tertiary/aromatic N) is 3. The van der Waals surface area contributed by atoms with Crippen LogP contribution in [-0.4, -0.2) is 20.0 Å². The molecule has 0 saturated heterocycles. The van der Waals surface area contributed by atoms with Crippen molar-refractivity contribution in [2.45, 2.75) is 27.7 Å². The van der Waals surface area contributed by atoms with Crippen LogP contribution in [0.1, 0.15) is 27.7 Å². The van der Waals surface area contributed by atoms with Crippen molar-refractivity contribution < 1.29 is 25.1 Å². The van der Waals surface area contributed by atoms with Crippen LogP contribution in [0.5, 0.6) is 0 Å². The Bertz CT molecular complexity index is 449. The number of quaternary nitrogens is 1. The molecule has 10 nitrogen and oxygen atoms in total. The van der Waals surface area contributed by atoms with Gasteiger partial charge >= 0.3 is 70.2 Å². The monoisotopic (exact) mass is 444 g/mol. The third-order valence-corrected chi connectivity index (χ3v) is 3.20. The van der Waals surface area contributed by atoms with Crippen molar-refractivity contribution in [1.29, 1.82) is 0 Å². The van der Waals surface area contributed by atoms with Gasteiger partial charge in [-0.1, -0.05) is 0 Å². The Kier molecular flexibility index (Phi) is 19.2. The quantitative estimate of drug-likeness (QED) is 0.246. The molecule has 0 aliphatic rings. The summed E-state index contributed by atoms with van der Waals surface area (Å²) in [6, 6.07) is 0. The number of nitrogens with one attached hydrogen (secondary N) is 1. The van der Waals surface area contributed by atoms with Gasteiger partial charge in [-0.05, 0) is 13.8 Å². The van der Waals surface area contributed by atoms with Gasteiger partial charge in [-0.3, -0.25) is 0 Å². The fourth-order valence-electron chi connectivity index (χ4n) is 0.373. The average Bonchev–Trinajstić information content (AvgIpc) is 2.50. The normalized spacial score (nSPS) is 13.7. The summed E-state index contributed by atoms with van der Waals surface area (Å²) < 4.78 is 0.600. The second kappa shape index (κ2) is 16.3. The van der Waals surface area contributed by atoms with Gasteiger partial charge in [0.25, 0.3) is 5.11 Å². The van der Waals surface area contributed by atoms with Gasteiger partial charge in [-0.15, -0.1) is 0 Å². The van der Waals surface area contributed by atoms with Gasteiger partial charge in [0, 0.05) is 23.6 Å². The Balaban J connectivity index is -0.000000269. The van der Waals surface area contributed by atoms with Gasteiger partial charge < -0.3 is 32.2 Å². The molecule has 0 aromatic heterocycles. The van der Waals surface area contributed by atoms with E-state index >= 15 is 0 Å². The molecule has 0 aromatic rings. The number of hydrogen-bond acceptors (Lipinski definition) is 8. The van der Waals surface area contributed by atoms with E-state index in [1.807, 2.05) is 0 Å². The minimum atomic E-state index is -0.709. The largest absolute Gasteiger partial charge is 0.792 e. The van der Waals surface area contributed by atoms with E-state index in [4.69, 9.17) is 15.4 Å². The van der Waals surface area contributed by atoms with Crippen molar-refractivity contribution in [1.82, 2.24) is 5.48 Å². The molecule has 13 heteroatoms. The Morgan fingerprint density at radius 2 is 1.55 bits per heavy atom. The molecule has 0 bridgehead atoms. The number of rotatable bonds is 3. The molecule has 0 spiro atoms. The van der Waals surface area contributed by atoms with Crippen LogP contribution in [-0.2, 0) is 15.9 Å². The first-order valence-electron chi connectivity index (χ1n) is 5.29. The van der Waals surface area contributed by atoms with Crippen LogP contribution in [0.15, 0.2) is 21.7 Å². The standard InChI is InChI=1S/C4H8N2O2.C4H7N2O2.CH4N2S.ClH.Rh/c2*1-3(5-7)4(2)6-8;2-1(3)4;;/h7-8H,1-2H3;5H,1-2H3;(H4,2,3,4);1H;/q;-1;;;+1/p-2/b5-3+,6-4?;4-3-;;;. The first kappa shape index (κ1) is 25.9. The third-order valence-electron chi connectivity index (χ3n) is 1.79. The summed E-state index contributed by atoms with van der Waals surface area (Å²) in [4.78, 5) is 0. The summed E-state index contributed by atoms with van der Waals surface area (Å²) in [5, 5.41) is 45.1. The molecule has 0 saturated carbocycles. The minimum Gasteiger partial charge on any atom is -0.792 e. The molecule has 0 radical (unpaired) electrons. The van der Waals surface area contributed by atoms with Crippen molar-refractivity contribution in [2.24, 2.45) is 16.0 Å². The van der Waals surface area contributed by atoms with Crippen LogP contribution in [0.3, 0.4) is 0 Å². The van der Waals surface area contributed by atoms with Crippen molar-refractivity contribution in [3.63, 3.8) is 0 Å². The molecule has 0 aromatic carbocycles. The van der Waals surface area contributed by atoms with Crippen LogP contribution >= 0.6 is 21.9 Å². The number of allylic oxidation sites excluding steroid dienone is 2. The Morgan fingerprint density at radius 3 is 1.73 bits per heavy atom. The molecule has 0 fully saturated rings. The second-order valence-corrected chi connectivity index (χ2v) is 5.55. The van der Waals surface area contributed by atoms with Crippen molar-refractivity contribution in [3.05, 3.63) is 32.2 Å². The van der Waals surface area contributed by atoms with Crippen LogP contribution in [0, 0.1) is 20.8 Å². The maximum Gasteiger partial charge on any atom is 0.262 e. The van der Waals surface area contributed by atoms with Gasteiger partial charge in [0.1, 0.15) is 0 Å². The number of halogens is 1. The van der Waals surface area contributed by atoms with Crippen LogP contribution in [0.4, 0.5) is 0 Å². The predicted molar refractivity (Wildman–Crippen MR) is 87.0 cm³/mol. The first-order chi connectivity index (χ1) is 10.1. The summed E-state index contributed by atoms with van der Waals surface area (Å²) in [5.74, 6) is 0. The van der Waals surface area contributed by atoms with Crippen LogP contribution in [0.2, 0.25) is 0 Å². The van der Waals surface area contributed by atoms with Crippen molar-refractivity contribution in [2.75, 3.05) is 0 Å². The molecule has 0 aliphatic carbocycles. The number of nitrogens with two attached hydrogens (primary N) is 1. The molecule has 0 aliphatic heterocycles. The van der Waals surface area contributed by atoms with Gasteiger partial charge in [0.15, 0.2) is 0 Å². The van der Waals surface area contributed by atoms with Gasteiger partial charge in [-0.25, -0.2) is 0 Å². The Labute approximate surface area is 145 Å². The van der Waals surface area contributed by atoms with Gasteiger partial charge in [0.2, 0.25) is 0 Å². The molecule has 6 N–H and O–H groups in total. The number of hydrogen-bond donors (Lipinski definition) is 3. The maximum atomic E-state index is 10.7. The van der Waals surface area contributed by atoms with E-state index in [0.29, 0.717) is 14.8 Å².